The molecule has 5 aromatic rings. The van der Waals surface area contributed by atoms with Crippen LogP contribution in [0, 0.1) is 5.92 Å². The van der Waals surface area contributed by atoms with E-state index in [1.807, 2.05) is 38.1 Å². The molecule has 0 radical (unpaired) electrons. The number of nitrogens with one attached hydrogen (secondary N) is 4. The first-order valence-electron chi connectivity index (χ1n) is 18.8. The number of H-pyrrole nitrogens is 1. The second-order valence-corrected chi connectivity index (χ2v) is 15.6. The summed E-state index contributed by atoms with van der Waals surface area (Å²) >= 11 is 1.20. The van der Waals surface area contributed by atoms with E-state index in [1.165, 1.54) is 40.0 Å². The Kier molecular flexibility index (Phi) is 12.6. The van der Waals surface area contributed by atoms with E-state index in [0.29, 0.717) is 27.9 Å². The highest BCUT2D eigenvalue weighted by atomic mass is 32.1. The normalized spacial score (nSPS) is 19.7. The maximum Gasteiger partial charge on any atom is 0.271 e. The van der Waals surface area contributed by atoms with Crippen LogP contribution in [-0.2, 0) is 25.6 Å². The molecule has 6 amide bonds. The zero-order chi connectivity index (χ0) is 40.8. The molecule has 0 unspecified atom stereocenters. The van der Waals surface area contributed by atoms with Crippen molar-refractivity contribution in [1.29, 1.82) is 0 Å². The number of pyridine rings is 1. The molecule has 0 spiro atoms. The van der Waals surface area contributed by atoms with Crippen LogP contribution in [0.4, 0.5) is 0 Å². The van der Waals surface area contributed by atoms with E-state index in [2.05, 4.69) is 30.9 Å². The van der Waals surface area contributed by atoms with Crippen molar-refractivity contribution in [3.05, 3.63) is 94.2 Å². The van der Waals surface area contributed by atoms with E-state index < -0.39 is 53.6 Å². The van der Waals surface area contributed by atoms with Gasteiger partial charge >= 0.3 is 0 Å². The summed E-state index contributed by atoms with van der Waals surface area (Å²) in [5.74, 6) is -2.89. The molecule has 4 heterocycles. The molecule has 0 saturated heterocycles. The van der Waals surface area contributed by atoms with Gasteiger partial charge in [0.2, 0.25) is 23.6 Å². The third-order valence-corrected chi connectivity index (χ3v) is 10.8. The SMILES string of the molecule is CC(C)C[C@@H]1NC(=O)CN(C(=O)c2cccc3ncccc23)CCN(C)C(=O)[C@H](C)NC(=O)CN(C)C(=O)[C@@H](Cc2c[nH]c3ccccc23)NC(=O)c2csc1n2. The molecule has 1 aliphatic rings. The zero-order valence-electron chi connectivity index (χ0n) is 32.6. The number of carbonyl (C=O) groups excluding carboxylic acids is 6. The van der Waals surface area contributed by atoms with Gasteiger partial charge in [0.15, 0.2) is 0 Å². The van der Waals surface area contributed by atoms with Gasteiger partial charge in [0.05, 0.1) is 24.6 Å². The highest BCUT2D eigenvalue weighted by Gasteiger charge is 2.31. The Bertz CT molecular complexity index is 2300. The summed E-state index contributed by atoms with van der Waals surface area (Å²) in [5, 5.41) is 12.1. The van der Waals surface area contributed by atoms with Gasteiger partial charge in [0.1, 0.15) is 22.8 Å². The second-order valence-electron chi connectivity index (χ2n) is 14.8. The molecule has 57 heavy (non-hydrogen) atoms. The van der Waals surface area contributed by atoms with E-state index in [4.69, 9.17) is 0 Å². The van der Waals surface area contributed by atoms with Gasteiger partial charge in [-0.3, -0.25) is 33.8 Å². The summed E-state index contributed by atoms with van der Waals surface area (Å²) in [7, 11) is 3.01. The lowest BCUT2D eigenvalue weighted by atomic mass is 10.0. The predicted octanol–water partition coefficient (Wildman–Crippen LogP) is 3.29. The molecule has 3 atom stereocenters. The Labute approximate surface area is 334 Å². The van der Waals surface area contributed by atoms with Crippen LogP contribution in [0.25, 0.3) is 21.8 Å². The molecular weight excluding hydrogens is 747 g/mol. The van der Waals surface area contributed by atoms with Crippen LogP contribution in [0.15, 0.2) is 72.4 Å². The third kappa shape index (κ3) is 9.63. The van der Waals surface area contributed by atoms with Crippen LogP contribution in [0.3, 0.4) is 0 Å². The minimum atomic E-state index is -1.08. The van der Waals surface area contributed by atoms with Crippen molar-refractivity contribution in [3.8, 4) is 0 Å². The summed E-state index contributed by atoms with van der Waals surface area (Å²) in [4.78, 5) is 98.8. The second kappa shape index (κ2) is 17.7. The first kappa shape index (κ1) is 40.5. The number of fused-ring (bicyclic) bond motifs is 4. The lowest BCUT2D eigenvalue weighted by Gasteiger charge is -2.28. The van der Waals surface area contributed by atoms with Crippen molar-refractivity contribution >= 4 is 68.6 Å². The molecule has 3 aromatic heterocycles. The molecule has 2 bridgehead atoms. The molecule has 298 valence electrons. The Balaban J connectivity index is 1.32. The van der Waals surface area contributed by atoms with Crippen molar-refractivity contribution in [2.45, 2.75) is 51.7 Å². The number of benzene rings is 2. The largest absolute Gasteiger partial charge is 0.361 e. The average Bonchev–Trinajstić information content (AvgIpc) is 3.85. The van der Waals surface area contributed by atoms with Crippen molar-refractivity contribution in [3.63, 3.8) is 0 Å². The van der Waals surface area contributed by atoms with Gasteiger partial charge in [-0.1, -0.05) is 44.2 Å². The number of hydrogen-bond acceptors (Lipinski definition) is 9. The van der Waals surface area contributed by atoms with Crippen LogP contribution >= 0.6 is 11.3 Å². The van der Waals surface area contributed by atoms with Gasteiger partial charge in [-0.15, -0.1) is 11.3 Å². The van der Waals surface area contributed by atoms with Crippen molar-refractivity contribution in [1.82, 2.24) is 45.6 Å². The standard InChI is InChI=1S/C41H47N9O6S/c1-24(2)18-32-38-47-34(23-57-38)37(53)46-33(19-26-20-43-30-13-7-6-10-27(26)30)41(56)49(5)21-35(51)44-25(3)39(54)48(4)16-17-50(22-36(52)45-32)40(55)29-11-8-14-31-28(29)12-9-15-42-31/h6-15,20,23-25,32-33,43H,16-19,21-22H2,1-5H3,(H,44,51)(H,45,52)(H,46,53)/t25-,32-,33+/m0/s1. The fourth-order valence-electron chi connectivity index (χ4n) is 6.94. The predicted molar refractivity (Wildman–Crippen MR) is 216 cm³/mol. The first-order valence-corrected chi connectivity index (χ1v) is 19.7. The third-order valence-electron chi connectivity index (χ3n) is 9.88. The fourth-order valence-corrected chi connectivity index (χ4v) is 7.81. The quantitative estimate of drug-likeness (QED) is 0.209. The highest BCUT2D eigenvalue weighted by molar-refractivity contribution is 7.09. The van der Waals surface area contributed by atoms with Crippen molar-refractivity contribution in [2.75, 3.05) is 40.3 Å². The summed E-state index contributed by atoms with van der Waals surface area (Å²) < 4.78 is 0. The van der Waals surface area contributed by atoms with E-state index in [-0.39, 0.29) is 44.2 Å². The number of aromatic nitrogens is 3. The zero-order valence-corrected chi connectivity index (χ0v) is 33.4. The molecule has 2 aromatic carbocycles. The number of hydrogen-bond donors (Lipinski definition) is 4. The molecule has 0 saturated carbocycles. The molecule has 16 heteroatoms. The maximum absolute atomic E-state index is 14.2. The van der Waals surface area contributed by atoms with Gasteiger partial charge in [-0.2, -0.15) is 0 Å². The number of aromatic amines is 1. The topological polar surface area (TPSA) is 190 Å². The minimum absolute atomic E-state index is 0.00269. The Morgan fingerprint density at radius 3 is 2.39 bits per heavy atom. The summed E-state index contributed by atoms with van der Waals surface area (Å²) in [6.45, 7) is 4.87. The van der Waals surface area contributed by atoms with Crippen LogP contribution < -0.4 is 16.0 Å². The number of nitrogens with zero attached hydrogens (tertiary/aromatic N) is 5. The maximum atomic E-state index is 14.2. The number of amides is 6. The highest BCUT2D eigenvalue weighted by Crippen LogP contribution is 2.26. The number of carbonyl (C=O) groups is 6. The molecule has 6 rings (SSSR count). The smallest absolute Gasteiger partial charge is 0.271 e. The van der Waals surface area contributed by atoms with E-state index in [0.717, 1.165) is 16.5 Å². The Morgan fingerprint density at radius 1 is 0.842 bits per heavy atom. The Morgan fingerprint density at radius 2 is 1.60 bits per heavy atom. The number of para-hydroxylation sites is 1. The van der Waals surface area contributed by atoms with Crippen LogP contribution in [0.2, 0.25) is 0 Å². The molecular formula is C41H47N9O6S. The summed E-state index contributed by atoms with van der Waals surface area (Å²) in [6, 6.07) is 13.7. The monoisotopic (exact) mass is 793 g/mol. The van der Waals surface area contributed by atoms with Crippen LogP contribution in [0.1, 0.15) is 64.7 Å². The van der Waals surface area contributed by atoms with Crippen molar-refractivity contribution < 1.29 is 28.8 Å². The van der Waals surface area contributed by atoms with E-state index >= 15 is 0 Å². The first-order chi connectivity index (χ1) is 27.3. The Hall–Kier alpha value is -6.16. The lowest BCUT2D eigenvalue weighted by molar-refractivity contribution is -0.138. The molecule has 4 N–H and O–H groups in total. The van der Waals surface area contributed by atoms with E-state index in [9.17, 15) is 28.8 Å². The molecule has 0 fully saturated rings. The van der Waals surface area contributed by atoms with Crippen molar-refractivity contribution in [2.24, 2.45) is 5.92 Å². The van der Waals surface area contributed by atoms with Gasteiger partial charge in [0, 0.05) is 73.2 Å². The van der Waals surface area contributed by atoms with Crippen LogP contribution in [0.5, 0.6) is 0 Å². The molecule has 15 nitrogen and oxygen atoms in total. The number of likely N-dealkylation sites (N-methyl/N-ethyl adjacent to an activating group) is 2. The van der Waals surface area contributed by atoms with Gasteiger partial charge in [0.25, 0.3) is 11.8 Å². The summed E-state index contributed by atoms with van der Waals surface area (Å²) in [5.41, 5.74) is 2.69. The molecule has 1 aliphatic heterocycles. The van der Waals surface area contributed by atoms with Gasteiger partial charge in [-0.05, 0) is 49.1 Å². The molecule has 0 aliphatic carbocycles. The van der Waals surface area contributed by atoms with Gasteiger partial charge < -0.3 is 35.6 Å². The summed E-state index contributed by atoms with van der Waals surface area (Å²) in [6.07, 6.45) is 4.03. The van der Waals surface area contributed by atoms with Crippen LogP contribution in [-0.4, -0.2) is 117 Å². The number of thiazole rings is 1. The minimum Gasteiger partial charge on any atom is -0.361 e. The van der Waals surface area contributed by atoms with E-state index in [1.54, 1.807) is 55.2 Å². The average molecular weight is 794 g/mol. The fraction of sp³-hybridized carbons (Fsp3) is 0.366. The number of rotatable bonds is 5. The lowest BCUT2D eigenvalue weighted by Crippen LogP contribution is -2.53. The van der Waals surface area contributed by atoms with Gasteiger partial charge in [-0.25, -0.2) is 4.98 Å².